The van der Waals surface area contributed by atoms with Gasteiger partial charge in [-0.2, -0.15) is 0 Å². The van der Waals surface area contributed by atoms with E-state index < -0.39 is 0 Å². The minimum absolute atomic E-state index is 0.0974. The van der Waals surface area contributed by atoms with Crippen LogP contribution in [0.4, 0.5) is 0 Å². The molecule has 0 aromatic heterocycles. The summed E-state index contributed by atoms with van der Waals surface area (Å²) in [7, 11) is 0. The summed E-state index contributed by atoms with van der Waals surface area (Å²) < 4.78 is 0. The van der Waals surface area contributed by atoms with Crippen LogP contribution in [0.5, 0.6) is 0 Å². The van der Waals surface area contributed by atoms with Crippen molar-refractivity contribution in [2.75, 3.05) is 0 Å². The summed E-state index contributed by atoms with van der Waals surface area (Å²) in [6.45, 7) is 9.77. The lowest BCUT2D eigenvalue weighted by molar-refractivity contribution is 0.0313. The van der Waals surface area contributed by atoms with Crippen LogP contribution < -0.4 is 0 Å². The molecule has 1 saturated carbocycles. The summed E-state index contributed by atoms with van der Waals surface area (Å²) >= 11 is 0. The number of hydrogen-bond acceptors (Lipinski definition) is 1. The van der Waals surface area contributed by atoms with Crippen molar-refractivity contribution in [2.45, 2.75) is 38.7 Å². The van der Waals surface area contributed by atoms with Crippen LogP contribution in [0.3, 0.4) is 0 Å². The Morgan fingerprint density at radius 2 is 1.77 bits per heavy atom. The first kappa shape index (κ1) is 10.5. The molecule has 0 radical (unpaired) electrons. The second kappa shape index (κ2) is 4.10. The van der Waals surface area contributed by atoms with Crippen LogP contribution in [-0.2, 0) is 0 Å². The minimum Gasteiger partial charge on any atom is -0.393 e. The molecule has 0 bridgehead atoms. The van der Waals surface area contributed by atoms with Crippen molar-refractivity contribution in [1.29, 1.82) is 0 Å². The molecule has 0 heterocycles. The predicted octanol–water partition coefficient (Wildman–Crippen LogP) is 2.92. The Kier molecular flexibility index (Phi) is 3.32. The smallest absolute Gasteiger partial charge is 0.0579 e. The van der Waals surface area contributed by atoms with Gasteiger partial charge in [-0.3, -0.25) is 0 Å². The molecule has 1 heteroatoms. The Labute approximate surface area is 81.2 Å². The third-order valence-corrected chi connectivity index (χ3v) is 3.41. The van der Waals surface area contributed by atoms with E-state index in [2.05, 4.69) is 20.1 Å². The van der Waals surface area contributed by atoms with Gasteiger partial charge in [-0.15, -0.1) is 13.2 Å². The van der Waals surface area contributed by atoms with Gasteiger partial charge in [-0.1, -0.05) is 31.9 Å². The highest BCUT2D eigenvalue weighted by atomic mass is 16.3. The van der Waals surface area contributed by atoms with E-state index in [1.54, 1.807) is 0 Å². The topological polar surface area (TPSA) is 20.2 Å². The predicted molar refractivity (Wildman–Crippen MR) is 56.5 cm³/mol. The molecule has 0 aromatic carbocycles. The summed E-state index contributed by atoms with van der Waals surface area (Å²) in [4.78, 5) is 0. The molecular weight excluding hydrogens is 160 g/mol. The van der Waals surface area contributed by atoms with Gasteiger partial charge in [0.15, 0.2) is 0 Å². The average molecular weight is 180 g/mol. The second-order valence-corrected chi connectivity index (χ2v) is 4.23. The second-order valence-electron chi connectivity index (χ2n) is 4.23. The summed E-state index contributed by atoms with van der Waals surface area (Å²) in [6, 6.07) is 0. The zero-order chi connectivity index (χ0) is 9.90. The number of allylic oxidation sites excluding steroid dienone is 2. The van der Waals surface area contributed by atoms with Gasteiger partial charge < -0.3 is 5.11 Å². The van der Waals surface area contributed by atoms with Gasteiger partial charge in [0.25, 0.3) is 0 Å². The number of hydrogen-bond donors (Lipinski definition) is 1. The fourth-order valence-corrected chi connectivity index (χ4v) is 2.22. The van der Waals surface area contributed by atoms with Crippen LogP contribution in [0.25, 0.3) is 0 Å². The van der Waals surface area contributed by atoms with E-state index in [1.165, 1.54) is 6.42 Å². The van der Waals surface area contributed by atoms with Crippen LogP contribution in [0, 0.1) is 11.3 Å². The van der Waals surface area contributed by atoms with Crippen molar-refractivity contribution >= 4 is 0 Å². The highest BCUT2D eigenvalue weighted by Gasteiger charge is 2.35. The molecule has 2 atom stereocenters. The molecule has 0 aromatic rings. The Hall–Kier alpha value is -0.560. The van der Waals surface area contributed by atoms with Gasteiger partial charge in [-0.25, -0.2) is 0 Å². The van der Waals surface area contributed by atoms with E-state index in [9.17, 15) is 5.11 Å². The maximum absolute atomic E-state index is 9.87. The van der Waals surface area contributed by atoms with Gasteiger partial charge >= 0.3 is 0 Å². The van der Waals surface area contributed by atoms with E-state index in [1.807, 2.05) is 12.2 Å². The molecule has 1 aliphatic rings. The molecule has 1 nitrogen and oxygen atoms in total. The molecule has 0 aliphatic heterocycles. The van der Waals surface area contributed by atoms with Crippen molar-refractivity contribution in [3.8, 4) is 0 Å². The Balaban J connectivity index is 2.77. The first-order valence-electron chi connectivity index (χ1n) is 5.09. The Morgan fingerprint density at radius 3 is 2.23 bits per heavy atom. The molecular formula is C12H20O. The summed E-state index contributed by atoms with van der Waals surface area (Å²) in [5, 5.41) is 9.87. The maximum Gasteiger partial charge on any atom is 0.0579 e. The molecule has 1 aliphatic carbocycles. The lowest BCUT2D eigenvalue weighted by Gasteiger charge is -2.38. The summed E-state index contributed by atoms with van der Waals surface area (Å²) in [5.41, 5.74) is -0.0974. The van der Waals surface area contributed by atoms with Crippen molar-refractivity contribution in [1.82, 2.24) is 0 Å². The minimum atomic E-state index is -0.172. The fraction of sp³-hybridized carbons (Fsp3) is 0.667. The van der Waals surface area contributed by atoms with E-state index in [0.717, 1.165) is 19.3 Å². The monoisotopic (exact) mass is 180 g/mol. The van der Waals surface area contributed by atoms with Gasteiger partial charge in [0.05, 0.1) is 6.10 Å². The van der Waals surface area contributed by atoms with Gasteiger partial charge in [0.1, 0.15) is 0 Å². The zero-order valence-corrected chi connectivity index (χ0v) is 8.50. The lowest BCUT2D eigenvalue weighted by atomic mass is 9.68. The molecule has 1 rings (SSSR count). The third-order valence-electron chi connectivity index (χ3n) is 3.41. The third kappa shape index (κ3) is 2.02. The zero-order valence-electron chi connectivity index (χ0n) is 8.50. The fourth-order valence-electron chi connectivity index (χ4n) is 2.22. The van der Waals surface area contributed by atoms with Crippen LogP contribution in [-0.4, -0.2) is 11.2 Å². The van der Waals surface area contributed by atoms with Crippen LogP contribution in [0.2, 0.25) is 0 Å². The number of aliphatic hydroxyl groups excluding tert-OH is 1. The molecule has 0 amide bonds. The van der Waals surface area contributed by atoms with E-state index in [-0.39, 0.29) is 11.5 Å². The molecule has 1 fully saturated rings. The average Bonchev–Trinajstić information content (AvgIpc) is 2.17. The first-order chi connectivity index (χ1) is 6.14. The van der Waals surface area contributed by atoms with E-state index in [4.69, 9.17) is 0 Å². The largest absolute Gasteiger partial charge is 0.393 e. The lowest BCUT2D eigenvalue weighted by Crippen LogP contribution is -2.35. The van der Waals surface area contributed by atoms with Crippen LogP contribution in [0.1, 0.15) is 32.6 Å². The molecule has 1 N–H and O–H groups in total. The molecule has 2 unspecified atom stereocenters. The maximum atomic E-state index is 9.87. The van der Waals surface area contributed by atoms with Crippen molar-refractivity contribution < 1.29 is 5.11 Å². The quantitative estimate of drug-likeness (QED) is 0.662. The number of rotatable bonds is 3. The van der Waals surface area contributed by atoms with Gasteiger partial charge in [0, 0.05) is 5.41 Å². The first-order valence-corrected chi connectivity index (χ1v) is 5.09. The van der Waals surface area contributed by atoms with Gasteiger partial charge in [-0.05, 0) is 18.8 Å². The highest BCUT2D eigenvalue weighted by Crippen LogP contribution is 2.40. The van der Waals surface area contributed by atoms with Gasteiger partial charge in [0.2, 0.25) is 0 Å². The van der Waals surface area contributed by atoms with Crippen molar-refractivity contribution in [2.24, 2.45) is 11.3 Å². The molecule has 0 spiro atoms. The number of aliphatic hydroxyl groups is 1. The normalized spacial score (nSPS) is 29.7. The van der Waals surface area contributed by atoms with Crippen LogP contribution >= 0.6 is 0 Å². The Morgan fingerprint density at radius 1 is 1.23 bits per heavy atom. The Bertz CT molecular complexity index is 187. The summed E-state index contributed by atoms with van der Waals surface area (Å²) in [6.07, 6.45) is 8.06. The molecule has 74 valence electrons. The van der Waals surface area contributed by atoms with Crippen LogP contribution in [0.15, 0.2) is 25.3 Å². The summed E-state index contributed by atoms with van der Waals surface area (Å²) in [5.74, 6) is 0.316. The standard InChI is InChI=1S/C12H20O/c1-4-12(3,5-2)10-8-6-7-9-11(10)13/h4-5,10-11,13H,1-2,6-9H2,3H3. The van der Waals surface area contributed by atoms with Crippen molar-refractivity contribution in [3.63, 3.8) is 0 Å². The SMILES string of the molecule is C=CC(C)(C=C)C1CCCCC1O. The van der Waals surface area contributed by atoms with E-state index in [0.29, 0.717) is 5.92 Å². The van der Waals surface area contributed by atoms with E-state index >= 15 is 0 Å². The molecule has 0 saturated heterocycles. The molecule has 13 heavy (non-hydrogen) atoms. The van der Waals surface area contributed by atoms with Crippen molar-refractivity contribution in [3.05, 3.63) is 25.3 Å². The highest BCUT2D eigenvalue weighted by molar-refractivity contribution is 5.09.